The third-order valence-electron chi connectivity index (χ3n) is 11.5. The van der Waals surface area contributed by atoms with Crippen molar-refractivity contribution in [2.75, 3.05) is 13.2 Å². The Bertz CT molecular complexity index is 1950. The molecule has 0 bridgehead atoms. The Kier molecular flexibility index (Phi) is 22.7. The van der Waals surface area contributed by atoms with Crippen molar-refractivity contribution in [1.29, 1.82) is 0 Å². The van der Waals surface area contributed by atoms with Crippen LogP contribution < -0.4 is 18.9 Å². The van der Waals surface area contributed by atoms with Crippen LogP contribution in [0, 0.1) is 0 Å². The van der Waals surface area contributed by atoms with Crippen LogP contribution in [-0.2, 0) is 0 Å². The first-order chi connectivity index (χ1) is 31.3. The average molecular weight is 908 g/mol. The summed E-state index contributed by atoms with van der Waals surface area (Å²) in [5.74, 6) is 0.492. The van der Waals surface area contributed by atoms with Gasteiger partial charge >= 0.3 is 11.9 Å². The van der Waals surface area contributed by atoms with Crippen LogP contribution in [0.4, 0.5) is 0 Å². The van der Waals surface area contributed by atoms with Crippen molar-refractivity contribution >= 4 is 35.1 Å². The fourth-order valence-corrected chi connectivity index (χ4v) is 8.09. The van der Waals surface area contributed by atoms with Crippen LogP contribution in [-0.4, -0.2) is 25.2 Å². The third-order valence-corrected chi connectivity index (χ3v) is 12.1. The van der Waals surface area contributed by atoms with Crippen molar-refractivity contribution in [2.45, 2.75) is 142 Å². The fraction of sp³-hybridized carbons (Fsp3) is 0.429. The molecule has 6 nitrogen and oxygen atoms in total. The van der Waals surface area contributed by atoms with Gasteiger partial charge in [0.1, 0.15) is 11.5 Å². The molecule has 0 radical (unpaired) electrons. The molecule has 0 saturated carbocycles. The third kappa shape index (κ3) is 17.7. The van der Waals surface area contributed by atoms with Gasteiger partial charge in [0.05, 0.1) is 34.4 Å². The molecule has 0 aliphatic rings. The van der Waals surface area contributed by atoms with Gasteiger partial charge in [-0.3, -0.25) is 0 Å². The maximum absolute atomic E-state index is 13.2. The van der Waals surface area contributed by atoms with Crippen LogP contribution in [0.5, 0.6) is 23.0 Å². The molecule has 5 aromatic rings. The zero-order chi connectivity index (χ0) is 45.2. The number of esters is 2. The van der Waals surface area contributed by atoms with Crippen LogP contribution in [0.25, 0.3) is 22.3 Å². The molecular weight excluding hydrogens is 840 g/mol. The molecule has 0 unspecified atom stereocenters. The molecular formula is C56H68Cl2O6. The first kappa shape index (κ1) is 50.2. The van der Waals surface area contributed by atoms with Gasteiger partial charge in [-0.15, -0.1) is 0 Å². The lowest BCUT2D eigenvalue weighted by molar-refractivity contribution is 0.0733. The highest BCUT2D eigenvalue weighted by Crippen LogP contribution is 2.37. The highest BCUT2D eigenvalue weighted by Gasteiger charge is 2.18. The molecule has 342 valence electrons. The zero-order valence-corrected chi connectivity index (χ0v) is 39.7. The van der Waals surface area contributed by atoms with Gasteiger partial charge < -0.3 is 18.9 Å². The van der Waals surface area contributed by atoms with Gasteiger partial charge in [0.25, 0.3) is 0 Å². The number of hydrogen-bond acceptors (Lipinski definition) is 6. The van der Waals surface area contributed by atoms with E-state index in [9.17, 15) is 9.59 Å². The Hall–Kier alpha value is -4.78. The lowest BCUT2D eigenvalue weighted by Crippen LogP contribution is -2.11. The predicted molar refractivity (Wildman–Crippen MR) is 265 cm³/mol. The summed E-state index contributed by atoms with van der Waals surface area (Å²) >= 11 is 12.8. The second kappa shape index (κ2) is 28.9. The second-order valence-electron chi connectivity index (χ2n) is 16.8. The normalized spacial score (nSPS) is 11.1. The SMILES string of the molecule is CCCCCCCCCCCCOc1ccc(-c2ccc(C(=O)Oc3cc(OC(=O)c4ccc(-c5ccc(OCCCCCCCCCCCC)cc5)cc4)c(Cl)cc3Cl)cc2)cc1. The van der Waals surface area contributed by atoms with E-state index in [4.69, 9.17) is 42.1 Å². The molecule has 5 aromatic carbocycles. The number of halogens is 2. The van der Waals surface area contributed by atoms with Crippen LogP contribution in [0.15, 0.2) is 109 Å². The number of hydrogen-bond donors (Lipinski definition) is 0. The standard InChI is InChI=1S/C56H68Cl2O6/c1-3-5-7-9-11-13-15-17-19-21-39-61-49-35-31-45(32-36-49)43-23-27-47(28-24-43)55(59)63-53-42-54(52(58)41-51(53)57)64-56(60)48-29-25-44(26-30-48)46-33-37-50(38-34-46)62-40-22-20-18-16-14-12-10-8-6-4-2/h23-38,41-42H,3-22,39-40H2,1-2H3. The fourth-order valence-electron chi connectivity index (χ4n) is 7.63. The number of ether oxygens (including phenoxy) is 4. The number of carbonyl (C=O) groups excluding carboxylic acids is 2. The number of unbranched alkanes of at least 4 members (excludes halogenated alkanes) is 18. The topological polar surface area (TPSA) is 71.1 Å². The number of carbonyl (C=O) groups is 2. The smallest absolute Gasteiger partial charge is 0.343 e. The van der Waals surface area contributed by atoms with Crippen molar-refractivity contribution in [3.8, 4) is 45.3 Å². The van der Waals surface area contributed by atoms with E-state index in [-0.39, 0.29) is 21.5 Å². The molecule has 0 atom stereocenters. The first-order valence-electron chi connectivity index (χ1n) is 23.9. The predicted octanol–water partition coefficient (Wildman–Crippen LogP) is 17.4. The molecule has 0 aliphatic carbocycles. The van der Waals surface area contributed by atoms with E-state index in [2.05, 4.69) is 13.8 Å². The average Bonchev–Trinajstić information content (AvgIpc) is 3.32. The largest absolute Gasteiger partial charge is 0.494 e. The maximum Gasteiger partial charge on any atom is 0.343 e. The van der Waals surface area contributed by atoms with Gasteiger partial charge in [0.2, 0.25) is 0 Å². The van der Waals surface area contributed by atoms with Crippen molar-refractivity contribution in [1.82, 2.24) is 0 Å². The highest BCUT2D eigenvalue weighted by atomic mass is 35.5. The number of rotatable bonds is 30. The van der Waals surface area contributed by atoms with Gasteiger partial charge in [0, 0.05) is 6.07 Å². The molecule has 0 aromatic heterocycles. The van der Waals surface area contributed by atoms with E-state index in [1.165, 1.54) is 128 Å². The molecule has 5 rings (SSSR count). The summed E-state index contributed by atoms with van der Waals surface area (Å²) < 4.78 is 23.3. The summed E-state index contributed by atoms with van der Waals surface area (Å²) in [6.07, 6.45) is 25.9. The monoisotopic (exact) mass is 906 g/mol. The minimum atomic E-state index is -0.618. The molecule has 64 heavy (non-hydrogen) atoms. The van der Waals surface area contributed by atoms with Crippen molar-refractivity contribution < 1.29 is 28.5 Å². The molecule has 0 aliphatic heterocycles. The van der Waals surface area contributed by atoms with Crippen LogP contribution >= 0.6 is 23.2 Å². The summed E-state index contributed by atoms with van der Waals surface area (Å²) in [4.78, 5) is 26.4. The molecule has 0 fully saturated rings. The molecule has 8 heteroatoms. The summed E-state index contributed by atoms with van der Waals surface area (Å²) in [6.45, 7) is 5.95. The van der Waals surface area contributed by atoms with Crippen molar-refractivity contribution in [3.63, 3.8) is 0 Å². The first-order valence-corrected chi connectivity index (χ1v) is 24.7. The van der Waals surface area contributed by atoms with E-state index < -0.39 is 11.9 Å². The maximum atomic E-state index is 13.2. The molecule has 0 heterocycles. The minimum Gasteiger partial charge on any atom is -0.494 e. The van der Waals surface area contributed by atoms with E-state index in [0.717, 1.165) is 46.6 Å². The molecule has 0 N–H and O–H groups in total. The van der Waals surface area contributed by atoms with Gasteiger partial charge in [-0.1, -0.05) is 201 Å². The quantitative estimate of drug-likeness (QED) is 0.0260. The number of benzene rings is 5. The van der Waals surface area contributed by atoms with Crippen LogP contribution in [0.3, 0.4) is 0 Å². The summed E-state index contributed by atoms with van der Waals surface area (Å²) in [5, 5.41) is 0.203. The Morgan fingerprint density at radius 1 is 0.375 bits per heavy atom. The van der Waals surface area contributed by atoms with Crippen LogP contribution in [0.1, 0.15) is 163 Å². The van der Waals surface area contributed by atoms with E-state index in [1.807, 2.05) is 72.8 Å². The van der Waals surface area contributed by atoms with Crippen molar-refractivity contribution in [3.05, 3.63) is 130 Å². The second-order valence-corrected chi connectivity index (χ2v) is 17.6. The Morgan fingerprint density at radius 3 is 0.969 bits per heavy atom. The highest BCUT2D eigenvalue weighted by molar-refractivity contribution is 6.36. The van der Waals surface area contributed by atoms with Gasteiger partial charge in [0.15, 0.2) is 11.5 Å². The zero-order valence-electron chi connectivity index (χ0n) is 38.2. The Labute approximate surface area is 393 Å². The Morgan fingerprint density at radius 2 is 0.656 bits per heavy atom. The lowest BCUT2D eigenvalue weighted by atomic mass is 10.0. The summed E-state index contributed by atoms with van der Waals surface area (Å²) in [7, 11) is 0. The van der Waals surface area contributed by atoms with Crippen LogP contribution in [0.2, 0.25) is 10.0 Å². The van der Waals surface area contributed by atoms with Gasteiger partial charge in [-0.2, -0.15) is 0 Å². The molecule has 0 spiro atoms. The Balaban J connectivity index is 1.03. The van der Waals surface area contributed by atoms with Gasteiger partial charge in [-0.05, 0) is 89.7 Å². The van der Waals surface area contributed by atoms with E-state index in [0.29, 0.717) is 24.3 Å². The molecule has 0 saturated heterocycles. The lowest BCUT2D eigenvalue weighted by Gasteiger charge is -2.12. The summed E-state index contributed by atoms with van der Waals surface area (Å²) in [6, 6.07) is 32.9. The van der Waals surface area contributed by atoms with Gasteiger partial charge in [-0.25, -0.2) is 9.59 Å². The van der Waals surface area contributed by atoms with Crippen molar-refractivity contribution in [2.24, 2.45) is 0 Å². The summed E-state index contributed by atoms with van der Waals surface area (Å²) in [5.41, 5.74) is 4.56. The van der Waals surface area contributed by atoms with E-state index in [1.54, 1.807) is 24.3 Å². The molecule has 0 amide bonds. The minimum absolute atomic E-state index is 0.0163. The van der Waals surface area contributed by atoms with E-state index >= 15 is 0 Å².